The van der Waals surface area contributed by atoms with Crippen LogP contribution in [0, 0.1) is 5.92 Å². The summed E-state index contributed by atoms with van der Waals surface area (Å²) in [4.78, 5) is 28.2. The minimum atomic E-state index is -0.457. The van der Waals surface area contributed by atoms with Crippen molar-refractivity contribution in [3.05, 3.63) is 24.3 Å². The molecule has 5 nitrogen and oxygen atoms in total. The van der Waals surface area contributed by atoms with Crippen LogP contribution in [0.1, 0.15) is 77.6 Å². The lowest BCUT2D eigenvalue weighted by Gasteiger charge is -2.22. The summed E-state index contributed by atoms with van der Waals surface area (Å²) in [5.74, 6) is 0.0286. The van der Waals surface area contributed by atoms with Gasteiger partial charge in [0.2, 0.25) is 11.8 Å². The predicted molar refractivity (Wildman–Crippen MR) is 119 cm³/mol. The molecule has 2 N–H and O–H groups in total. The molecule has 0 bridgehead atoms. The molecular weight excluding hydrogens is 362 g/mol. The second kappa shape index (κ2) is 11.2. The average molecular weight is 400 g/mol. The van der Waals surface area contributed by atoms with Crippen LogP contribution in [-0.4, -0.2) is 30.9 Å². The molecule has 1 heterocycles. The number of hydrogen-bond acceptors (Lipinski definition) is 3. The number of nitrogens with one attached hydrogen (secondary N) is 2. The molecule has 29 heavy (non-hydrogen) atoms. The molecule has 1 unspecified atom stereocenters. The first-order chi connectivity index (χ1) is 14.2. The minimum absolute atomic E-state index is 0.0629. The maximum Gasteiger partial charge on any atom is 0.246 e. The molecule has 5 heteroatoms. The highest BCUT2D eigenvalue weighted by molar-refractivity contribution is 5.97. The lowest BCUT2D eigenvalue weighted by Crippen LogP contribution is -2.46. The fourth-order valence-corrected chi connectivity index (χ4v) is 4.49. The second-order valence-electron chi connectivity index (χ2n) is 8.63. The van der Waals surface area contributed by atoms with Crippen LogP contribution in [0.15, 0.2) is 24.3 Å². The summed E-state index contributed by atoms with van der Waals surface area (Å²) >= 11 is 0. The largest absolute Gasteiger partial charge is 0.371 e. The third-order valence-corrected chi connectivity index (χ3v) is 6.29. The van der Waals surface area contributed by atoms with E-state index in [-0.39, 0.29) is 17.7 Å². The lowest BCUT2D eigenvalue weighted by molar-refractivity contribution is -0.129. The van der Waals surface area contributed by atoms with Crippen LogP contribution in [0.5, 0.6) is 0 Å². The molecule has 2 fully saturated rings. The highest BCUT2D eigenvalue weighted by Crippen LogP contribution is 2.25. The van der Waals surface area contributed by atoms with Crippen molar-refractivity contribution >= 4 is 23.2 Å². The fraction of sp³-hybridized carbons (Fsp3) is 0.667. The molecule has 3 rings (SSSR count). The highest BCUT2D eigenvalue weighted by Gasteiger charge is 2.26. The number of amides is 2. The van der Waals surface area contributed by atoms with E-state index in [1.165, 1.54) is 25.7 Å². The van der Waals surface area contributed by atoms with E-state index < -0.39 is 6.04 Å². The van der Waals surface area contributed by atoms with Crippen LogP contribution in [0.2, 0.25) is 0 Å². The van der Waals surface area contributed by atoms with Gasteiger partial charge in [-0.25, -0.2) is 0 Å². The van der Waals surface area contributed by atoms with Crippen LogP contribution >= 0.6 is 0 Å². The van der Waals surface area contributed by atoms with Gasteiger partial charge in [0, 0.05) is 30.4 Å². The van der Waals surface area contributed by atoms with Gasteiger partial charge in [-0.15, -0.1) is 0 Å². The topological polar surface area (TPSA) is 61.4 Å². The summed E-state index contributed by atoms with van der Waals surface area (Å²) in [5.41, 5.74) is 1.97. The first-order valence-corrected chi connectivity index (χ1v) is 11.6. The SMILES string of the molecule is CCCCC(NC(=O)C1CCCCCC1)C(=O)Nc1cccc(N2CCCC2)c1. The van der Waals surface area contributed by atoms with Gasteiger partial charge in [-0.2, -0.15) is 0 Å². The molecule has 160 valence electrons. The maximum atomic E-state index is 13.0. The monoisotopic (exact) mass is 399 g/mol. The molecule has 1 aromatic carbocycles. The summed E-state index contributed by atoms with van der Waals surface area (Å²) in [7, 11) is 0. The molecule has 1 aliphatic carbocycles. The van der Waals surface area contributed by atoms with Gasteiger partial charge in [-0.05, 0) is 50.3 Å². The van der Waals surface area contributed by atoms with Crippen molar-refractivity contribution in [2.24, 2.45) is 5.92 Å². The zero-order valence-corrected chi connectivity index (χ0v) is 17.9. The van der Waals surface area contributed by atoms with Crippen molar-refractivity contribution in [1.82, 2.24) is 5.32 Å². The van der Waals surface area contributed by atoms with Gasteiger partial charge in [0.05, 0.1) is 0 Å². The number of nitrogens with zero attached hydrogens (tertiary/aromatic N) is 1. The third kappa shape index (κ3) is 6.48. The van der Waals surface area contributed by atoms with E-state index in [1.54, 1.807) is 0 Å². The quantitative estimate of drug-likeness (QED) is 0.613. The Kier molecular flexibility index (Phi) is 8.38. The first kappa shape index (κ1) is 21.7. The Hall–Kier alpha value is -2.04. The van der Waals surface area contributed by atoms with Gasteiger partial charge < -0.3 is 15.5 Å². The van der Waals surface area contributed by atoms with Gasteiger partial charge >= 0.3 is 0 Å². The number of carbonyl (C=O) groups is 2. The Labute approximate surface area is 175 Å². The minimum Gasteiger partial charge on any atom is -0.371 e. The van der Waals surface area contributed by atoms with Crippen molar-refractivity contribution in [3.8, 4) is 0 Å². The number of benzene rings is 1. The predicted octanol–water partition coefficient (Wildman–Crippen LogP) is 4.87. The summed E-state index contributed by atoms with van der Waals surface area (Å²) in [6.07, 6.45) is 11.6. The summed E-state index contributed by atoms with van der Waals surface area (Å²) < 4.78 is 0. The highest BCUT2D eigenvalue weighted by atomic mass is 16.2. The smallest absolute Gasteiger partial charge is 0.246 e. The van der Waals surface area contributed by atoms with E-state index in [0.29, 0.717) is 6.42 Å². The van der Waals surface area contributed by atoms with Crippen molar-refractivity contribution in [2.45, 2.75) is 83.6 Å². The van der Waals surface area contributed by atoms with Crippen molar-refractivity contribution < 1.29 is 9.59 Å². The van der Waals surface area contributed by atoms with Gasteiger partial charge in [0.25, 0.3) is 0 Å². The molecule has 2 aliphatic rings. The molecule has 0 radical (unpaired) electrons. The molecule has 1 aliphatic heterocycles. The summed E-state index contributed by atoms with van der Waals surface area (Å²) in [5, 5.41) is 6.13. The van der Waals surface area contributed by atoms with Gasteiger partial charge in [0.15, 0.2) is 0 Å². The molecule has 0 aromatic heterocycles. The van der Waals surface area contributed by atoms with Crippen LogP contribution in [0.3, 0.4) is 0 Å². The Morgan fingerprint density at radius 3 is 2.48 bits per heavy atom. The van der Waals surface area contributed by atoms with E-state index in [0.717, 1.165) is 63.0 Å². The molecule has 1 atom stereocenters. The van der Waals surface area contributed by atoms with E-state index in [2.05, 4.69) is 28.5 Å². The Morgan fingerprint density at radius 1 is 1.07 bits per heavy atom. The van der Waals surface area contributed by atoms with E-state index in [9.17, 15) is 9.59 Å². The molecular formula is C24H37N3O2. The number of anilines is 2. The van der Waals surface area contributed by atoms with E-state index in [4.69, 9.17) is 0 Å². The molecule has 0 spiro atoms. The summed E-state index contributed by atoms with van der Waals surface area (Å²) in [6.45, 7) is 4.27. The zero-order chi connectivity index (χ0) is 20.5. The maximum absolute atomic E-state index is 13.0. The first-order valence-electron chi connectivity index (χ1n) is 11.6. The fourth-order valence-electron chi connectivity index (χ4n) is 4.49. The van der Waals surface area contributed by atoms with Crippen molar-refractivity contribution in [2.75, 3.05) is 23.3 Å². The normalized spacial score (nSPS) is 18.9. The van der Waals surface area contributed by atoms with Gasteiger partial charge in [0.1, 0.15) is 6.04 Å². The average Bonchev–Trinajstić information content (AvgIpc) is 3.13. The van der Waals surface area contributed by atoms with Crippen LogP contribution in [0.4, 0.5) is 11.4 Å². The van der Waals surface area contributed by atoms with E-state index >= 15 is 0 Å². The number of hydrogen-bond donors (Lipinski definition) is 2. The van der Waals surface area contributed by atoms with Crippen LogP contribution < -0.4 is 15.5 Å². The standard InChI is InChI=1S/C24H37N3O2/c1-2-3-15-22(26-23(28)19-11-6-4-5-7-12-19)24(29)25-20-13-10-14-21(18-20)27-16-8-9-17-27/h10,13-14,18-19,22H,2-9,11-12,15-17H2,1H3,(H,25,29)(H,26,28). The number of carbonyl (C=O) groups excluding carboxylic acids is 2. The molecule has 1 saturated heterocycles. The number of unbranched alkanes of at least 4 members (excludes halogenated alkanes) is 1. The van der Waals surface area contributed by atoms with Gasteiger partial charge in [-0.1, -0.05) is 51.5 Å². The van der Waals surface area contributed by atoms with Gasteiger partial charge in [-0.3, -0.25) is 9.59 Å². The molecule has 1 aromatic rings. The third-order valence-electron chi connectivity index (χ3n) is 6.29. The van der Waals surface area contributed by atoms with Crippen molar-refractivity contribution in [3.63, 3.8) is 0 Å². The lowest BCUT2D eigenvalue weighted by atomic mass is 9.98. The second-order valence-corrected chi connectivity index (χ2v) is 8.63. The Bertz CT molecular complexity index is 662. The summed E-state index contributed by atoms with van der Waals surface area (Å²) in [6, 6.07) is 7.62. The number of rotatable bonds is 8. The van der Waals surface area contributed by atoms with Crippen LogP contribution in [-0.2, 0) is 9.59 Å². The zero-order valence-electron chi connectivity index (χ0n) is 17.9. The van der Waals surface area contributed by atoms with Crippen molar-refractivity contribution in [1.29, 1.82) is 0 Å². The van der Waals surface area contributed by atoms with E-state index in [1.807, 2.05) is 18.2 Å². The molecule has 1 saturated carbocycles. The Balaban J connectivity index is 1.62. The Morgan fingerprint density at radius 2 is 1.79 bits per heavy atom. The molecule has 2 amide bonds. The van der Waals surface area contributed by atoms with Crippen LogP contribution in [0.25, 0.3) is 0 Å².